The molecular formula is C14H8O2S2. The molecule has 0 saturated carbocycles. The molecule has 0 saturated heterocycles. The average Bonchev–Trinajstić information content (AvgIpc) is 2.86. The van der Waals surface area contributed by atoms with Crippen LogP contribution in [0.3, 0.4) is 0 Å². The summed E-state index contributed by atoms with van der Waals surface area (Å²) in [6, 6.07) is 14.9. The SMILES string of the molecule is O=S1(=O)c2ccccc2-c2sc3ccccc3c21. The number of hydrogen-bond donors (Lipinski definition) is 0. The van der Waals surface area contributed by atoms with Gasteiger partial charge in [-0.1, -0.05) is 36.4 Å². The van der Waals surface area contributed by atoms with Crippen LogP contribution in [-0.2, 0) is 9.84 Å². The van der Waals surface area contributed by atoms with E-state index in [1.165, 1.54) is 0 Å². The molecule has 0 radical (unpaired) electrons. The number of hydrogen-bond acceptors (Lipinski definition) is 3. The van der Waals surface area contributed by atoms with Gasteiger partial charge in [0.05, 0.1) is 14.7 Å². The van der Waals surface area contributed by atoms with E-state index in [1.807, 2.05) is 36.4 Å². The lowest BCUT2D eigenvalue weighted by atomic mass is 10.2. The van der Waals surface area contributed by atoms with Gasteiger partial charge in [0.15, 0.2) is 0 Å². The van der Waals surface area contributed by atoms with E-state index in [-0.39, 0.29) is 0 Å². The Bertz CT molecular complexity index is 889. The van der Waals surface area contributed by atoms with Gasteiger partial charge in [0.2, 0.25) is 9.84 Å². The van der Waals surface area contributed by atoms with E-state index in [2.05, 4.69) is 0 Å². The molecule has 0 N–H and O–H groups in total. The summed E-state index contributed by atoms with van der Waals surface area (Å²) in [5.74, 6) is 0. The molecule has 3 aromatic rings. The summed E-state index contributed by atoms with van der Waals surface area (Å²) >= 11 is 1.55. The van der Waals surface area contributed by atoms with Crippen LogP contribution in [0.2, 0.25) is 0 Å². The van der Waals surface area contributed by atoms with Crippen molar-refractivity contribution in [2.45, 2.75) is 9.79 Å². The van der Waals surface area contributed by atoms with E-state index >= 15 is 0 Å². The van der Waals surface area contributed by atoms with Crippen LogP contribution >= 0.6 is 11.3 Å². The molecule has 88 valence electrons. The Kier molecular flexibility index (Phi) is 1.84. The third-order valence-corrected chi connectivity index (χ3v) is 6.47. The first-order valence-electron chi connectivity index (χ1n) is 5.55. The molecule has 0 fully saturated rings. The molecule has 1 aliphatic rings. The van der Waals surface area contributed by atoms with Crippen LogP contribution in [0, 0.1) is 0 Å². The monoisotopic (exact) mass is 272 g/mol. The molecule has 2 heterocycles. The van der Waals surface area contributed by atoms with Crippen molar-refractivity contribution < 1.29 is 8.42 Å². The molecule has 4 rings (SSSR count). The minimum Gasteiger partial charge on any atom is -0.218 e. The molecule has 0 bridgehead atoms. The number of thiophene rings is 1. The zero-order valence-electron chi connectivity index (χ0n) is 9.25. The van der Waals surface area contributed by atoms with Gasteiger partial charge in [0, 0.05) is 15.6 Å². The summed E-state index contributed by atoms with van der Waals surface area (Å²) < 4.78 is 26.1. The van der Waals surface area contributed by atoms with Gasteiger partial charge in [-0.2, -0.15) is 0 Å². The van der Waals surface area contributed by atoms with Crippen molar-refractivity contribution in [1.29, 1.82) is 0 Å². The lowest BCUT2D eigenvalue weighted by Crippen LogP contribution is -1.96. The predicted molar refractivity (Wildman–Crippen MR) is 72.7 cm³/mol. The van der Waals surface area contributed by atoms with Crippen LogP contribution < -0.4 is 0 Å². The zero-order valence-corrected chi connectivity index (χ0v) is 10.9. The fourth-order valence-corrected chi connectivity index (χ4v) is 5.94. The quantitative estimate of drug-likeness (QED) is 0.489. The van der Waals surface area contributed by atoms with Crippen molar-refractivity contribution in [3.63, 3.8) is 0 Å². The lowest BCUT2D eigenvalue weighted by Gasteiger charge is -1.98. The van der Waals surface area contributed by atoms with E-state index in [1.54, 1.807) is 23.5 Å². The van der Waals surface area contributed by atoms with Crippen molar-refractivity contribution in [3.05, 3.63) is 48.5 Å². The highest BCUT2D eigenvalue weighted by Gasteiger charge is 2.36. The largest absolute Gasteiger partial charge is 0.218 e. The number of benzene rings is 2. The highest BCUT2D eigenvalue weighted by molar-refractivity contribution is 7.92. The third-order valence-electron chi connectivity index (χ3n) is 3.24. The van der Waals surface area contributed by atoms with E-state index in [0.717, 1.165) is 20.5 Å². The molecular weight excluding hydrogens is 264 g/mol. The Morgan fingerprint density at radius 2 is 1.61 bits per heavy atom. The van der Waals surface area contributed by atoms with Crippen molar-refractivity contribution >= 4 is 31.3 Å². The molecule has 1 aliphatic heterocycles. The summed E-state index contributed by atoms with van der Waals surface area (Å²) in [5, 5.41) is 0.841. The van der Waals surface area contributed by atoms with E-state index in [4.69, 9.17) is 0 Å². The fourth-order valence-electron chi connectivity index (χ4n) is 2.46. The molecule has 0 unspecified atom stereocenters. The smallest absolute Gasteiger partial charge is 0.209 e. The number of sulfone groups is 1. The van der Waals surface area contributed by atoms with Gasteiger partial charge in [-0.05, 0) is 12.1 Å². The van der Waals surface area contributed by atoms with Crippen LogP contribution in [0.15, 0.2) is 58.3 Å². The molecule has 2 nitrogen and oxygen atoms in total. The van der Waals surface area contributed by atoms with Crippen molar-refractivity contribution in [1.82, 2.24) is 0 Å². The fraction of sp³-hybridized carbons (Fsp3) is 0. The molecule has 18 heavy (non-hydrogen) atoms. The minimum atomic E-state index is -3.34. The second kappa shape index (κ2) is 3.22. The van der Waals surface area contributed by atoms with Crippen molar-refractivity contribution in [2.24, 2.45) is 0 Å². The summed E-state index contributed by atoms with van der Waals surface area (Å²) in [6.07, 6.45) is 0. The first-order chi connectivity index (χ1) is 8.69. The average molecular weight is 272 g/mol. The second-order valence-corrected chi connectivity index (χ2v) is 7.16. The van der Waals surface area contributed by atoms with Crippen LogP contribution in [0.1, 0.15) is 0 Å². The molecule has 0 atom stereocenters. The number of rotatable bonds is 0. The molecule has 4 heteroatoms. The second-order valence-electron chi connectivity index (χ2n) is 4.26. The van der Waals surface area contributed by atoms with E-state index < -0.39 is 9.84 Å². The maximum atomic E-state index is 12.6. The maximum Gasteiger partial charge on any atom is 0.209 e. The molecule has 2 aromatic carbocycles. The van der Waals surface area contributed by atoms with Crippen LogP contribution in [0.5, 0.6) is 0 Å². The Hall–Kier alpha value is -1.65. The first kappa shape index (κ1) is 10.3. The first-order valence-corrected chi connectivity index (χ1v) is 7.85. The van der Waals surface area contributed by atoms with Gasteiger partial charge in [-0.3, -0.25) is 0 Å². The Labute approximate surface area is 108 Å². The van der Waals surface area contributed by atoms with Gasteiger partial charge in [0.1, 0.15) is 0 Å². The van der Waals surface area contributed by atoms with Crippen LogP contribution in [0.25, 0.3) is 20.5 Å². The topological polar surface area (TPSA) is 34.1 Å². The summed E-state index contributed by atoms with van der Waals surface area (Å²) in [5.41, 5.74) is 0.841. The van der Waals surface area contributed by atoms with E-state index in [9.17, 15) is 8.42 Å². The number of fused-ring (bicyclic) bond motifs is 5. The van der Waals surface area contributed by atoms with Crippen molar-refractivity contribution in [2.75, 3.05) is 0 Å². The highest BCUT2D eigenvalue weighted by Crippen LogP contribution is 2.50. The van der Waals surface area contributed by atoms with Crippen LogP contribution in [0.4, 0.5) is 0 Å². The molecule has 0 amide bonds. The standard InChI is InChI=1S/C14H8O2S2/c15-18(16)12-8-4-2-6-10(12)13-14(18)9-5-1-3-7-11(9)17-13/h1-8H. The van der Waals surface area contributed by atoms with Gasteiger partial charge in [-0.15, -0.1) is 11.3 Å². The molecule has 0 spiro atoms. The van der Waals surface area contributed by atoms with Crippen LogP contribution in [-0.4, -0.2) is 8.42 Å². The highest BCUT2D eigenvalue weighted by atomic mass is 32.2. The van der Waals surface area contributed by atoms with Gasteiger partial charge >= 0.3 is 0 Å². The van der Waals surface area contributed by atoms with Gasteiger partial charge in [0.25, 0.3) is 0 Å². The summed E-state index contributed by atoms with van der Waals surface area (Å²) in [6.45, 7) is 0. The lowest BCUT2D eigenvalue weighted by molar-refractivity contribution is 0.599. The minimum absolute atomic E-state index is 0.442. The third kappa shape index (κ3) is 1.09. The Morgan fingerprint density at radius 1 is 0.889 bits per heavy atom. The summed E-state index contributed by atoms with van der Waals surface area (Å²) in [7, 11) is -3.34. The van der Waals surface area contributed by atoms with Crippen molar-refractivity contribution in [3.8, 4) is 10.4 Å². The Morgan fingerprint density at radius 3 is 2.50 bits per heavy atom. The predicted octanol–water partition coefficient (Wildman–Crippen LogP) is 3.71. The Balaban J connectivity index is 2.28. The summed E-state index contributed by atoms with van der Waals surface area (Å²) in [4.78, 5) is 1.81. The molecule has 0 aliphatic carbocycles. The normalized spacial score (nSPS) is 15.6. The van der Waals surface area contributed by atoms with E-state index in [0.29, 0.717) is 9.79 Å². The van der Waals surface area contributed by atoms with Gasteiger partial charge in [-0.25, -0.2) is 8.42 Å². The van der Waals surface area contributed by atoms with Gasteiger partial charge < -0.3 is 0 Å². The maximum absolute atomic E-state index is 12.6. The zero-order chi connectivity index (χ0) is 12.3. The molecule has 1 aromatic heterocycles.